The van der Waals surface area contributed by atoms with E-state index in [2.05, 4.69) is 30.0 Å². The Morgan fingerprint density at radius 3 is 2.72 bits per heavy atom. The van der Waals surface area contributed by atoms with Crippen molar-refractivity contribution >= 4 is 22.8 Å². The molecular weight excluding hydrogens is 336 g/mol. The third kappa shape index (κ3) is 2.20. The molecule has 0 aromatic carbocycles. The molecule has 0 bridgehead atoms. The second kappa shape index (κ2) is 5.15. The number of fused-ring (bicyclic) bond motifs is 2. The molecule has 0 atom stereocenters. The van der Waals surface area contributed by atoms with Crippen LogP contribution in [0.25, 0.3) is 33.6 Å². The Labute approximate surface area is 145 Å². The van der Waals surface area contributed by atoms with Gasteiger partial charge in [-0.15, -0.1) is 16.4 Å². The number of imidazole rings is 1. The molecule has 5 rings (SSSR count). The van der Waals surface area contributed by atoms with Crippen molar-refractivity contribution < 1.29 is 0 Å². The molecule has 8 nitrogen and oxygen atoms in total. The van der Waals surface area contributed by atoms with Crippen molar-refractivity contribution in [3.63, 3.8) is 0 Å². The van der Waals surface area contributed by atoms with E-state index in [-0.39, 0.29) is 0 Å². The van der Waals surface area contributed by atoms with Crippen molar-refractivity contribution in [1.82, 2.24) is 38.9 Å². The number of aromatic nitrogens is 8. The van der Waals surface area contributed by atoms with Crippen molar-refractivity contribution in [2.24, 2.45) is 0 Å². The second-order valence-corrected chi connectivity index (χ2v) is 6.53. The summed E-state index contributed by atoms with van der Waals surface area (Å²) in [5, 5.41) is 7.36. The van der Waals surface area contributed by atoms with Gasteiger partial charge in [0, 0.05) is 30.2 Å². The number of hydrogen-bond acceptors (Lipinski definition) is 7. The molecule has 0 aliphatic carbocycles. The van der Waals surface area contributed by atoms with Gasteiger partial charge in [0.2, 0.25) is 11.6 Å². The zero-order valence-corrected chi connectivity index (χ0v) is 14.3. The quantitative estimate of drug-likeness (QED) is 0.487. The molecule has 0 saturated carbocycles. The number of hydrogen-bond donors (Lipinski definition) is 0. The Morgan fingerprint density at radius 2 is 1.92 bits per heavy atom. The molecular formula is C16H12N8S. The molecule has 0 aliphatic rings. The highest BCUT2D eigenvalue weighted by molar-refractivity contribution is 7.13. The monoisotopic (exact) mass is 348 g/mol. The normalized spacial score (nSPS) is 11.6. The average Bonchev–Trinajstić information content (AvgIpc) is 3.36. The third-order valence-electron chi connectivity index (χ3n) is 3.92. The SMILES string of the molecule is Cc1ncc(C)n2nc(-c3ccn4cc(-c5nccs5)nc4n3)nc12. The minimum Gasteiger partial charge on any atom is -0.290 e. The van der Waals surface area contributed by atoms with Crippen LogP contribution in [0.5, 0.6) is 0 Å². The molecule has 0 saturated heterocycles. The molecule has 0 unspecified atom stereocenters. The summed E-state index contributed by atoms with van der Waals surface area (Å²) in [6.45, 7) is 3.86. The topological polar surface area (TPSA) is 86.2 Å². The van der Waals surface area contributed by atoms with E-state index in [0.717, 1.165) is 27.7 Å². The molecule has 5 heterocycles. The average molecular weight is 348 g/mol. The maximum atomic E-state index is 4.60. The zero-order valence-electron chi connectivity index (χ0n) is 13.5. The fourth-order valence-corrected chi connectivity index (χ4v) is 3.24. The molecule has 0 spiro atoms. The summed E-state index contributed by atoms with van der Waals surface area (Å²) in [7, 11) is 0. The molecule has 0 amide bonds. The number of rotatable bonds is 2. The maximum absolute atomic E-state index is 4.60. The molecule has 0 fully saturated rings. The molecule has 0 N–H and O–H groups in total. The van der Waals surface area contributed by atoms with Crippen molar-refractivity contribution in [1.29, 1.82) is 0 Å². The van der Waals surface area contributed by atoms with Crippen molar-refractivity contribution in [2.75, 3.05) is 0 Å². The fraction of sp³-hybridized carbons (Fsp3) is 0.125. The van der Waals surface area contributed by atoms with E-state index in [1.807, 2.05) is 42.1 Å². The lowest BCUT2D eigenvalue weighted by Gasteiger charge is -1.97. The van der Waals surface area contributed by atoms with Crippen LogP contribution in [0.2, 0.25) is 0 Å². The Kier molecular flexibility index (Phi) is 2.92. The van der Waals surface area contributed by atoms with E-state index >= 15 is 0 Å². The van der Waals surface area contributed by atoms with Gasteiger partial charge in [-0.25, -0.2) is 24.5 Å². The minimum absolute atomic E-state index is 0.556. The number of nitrogens with zero attached hydrogens (tertiary/aromatic N) is 8. The van der Waals surface area contributed by atoms with E-state index in [1.54, 1.807) is 28.2 Å². The first-order valence-electron chi connectivity index (χ1n) is 7.64. The predicted octanol–water partition coefficient (Wildman–Crippen LogP) is 2.57. The molecule has 0 radical (unpaired) electrons. The lowest BCUT2D eigenvalue weighted by atomic mass is 10.4. The lowest BCUT2D eigenvalue weighted by molar-refractivity contribution is 0.889. The highest BCUT2D eigenvalue weighted by Crippen LogP contribution is 2.22. The summed E-state index contributed by atoms with van der Waals surface area (Å²) in [5.41, 5.74) is 3.97. The first-order valence-corrected chi connectivity index (χ1v) is 8.52. The van der Waals surface area contributed by atoms with Gasteiger partial charge in [-0.05, 0) is 19.9 Å². The van der Waals surface area contributed by atoms with E-state index in [9.17, 15) is 0 Å². The van der Waals surface area contributed by atoms with Crippen molar-refractivity contribution in [3.8, 4) is 22.2 Å². The van der Waals surface area contributed by atoms with Gasteiger partial charge in [0.25, 0.3) is 0 Å². The summed E-state index contributed by atoms with van der Waals surface area (Å²) in [6.07, 6.45) is 7.38. The highest BCUT2D eigenvalue weighted by atomic mass is 32.1. The maximum Gasteiger partial charge on any atom is 0.235 e. The number of aryl methyl sites for hydroxylation is 2. The molecule has 25 heavy (non-hydrogen) atoms. The van der Waals surface area contributed by atoms with Crippen LogP contribution in [0.3, 0.4) is 0 Å². The largest absolute Gasteiger partial charge is 0.290 e. The minimum atomic E-state index is 0.556. The zero-order chi connectivity index (χ0) is 17.0. The van der Waals surface area contributed by atoms with Crippen LogP contribution >= 0.6 is 11.3 Å². The first-order chi connectivity index (χ1) is 12.2. The Balaban J connectivity index is 1.66. The van der Waals surface area contributed by atoms with Crippen LogP contribution in [0.1, 0.15) is 11.4 Å². The summed E-state index contributed by atoms with van der Waals surface area (Å²) < 4.78 is 3.66. The van der Waals surface area contributed by atoms with Gasteiger partial charge in [0.15, 0.2) is 5.65 Å². The van der Waals surface area contributed by atoms with Crippen LogP contribution in [-0.2, 0) is 0 Å². The summed E-state index contributed by atoms with van der Waals surface area (Å²) in [6, 6.07) is 1.88. The summed E-state index contributed by atoms with van der Waals surface area (Å²) in [5.74, 6) is 1.15. The van der Waals surface area contributed by atoms with Gasteiger partial charge in [-0.3, -0.25) is 9.38 Å². The summed E-state index contributed by atoms with van der Waals surface area (Å²) >= 11 is 1.55. The molecule has 122 valence electrons. The van der Waals surface area contributed by atoms with Gasteiger partial charge >= 0.3 is 0 Å². The first kappa shape index (κ1) is 14.2. The highest BCUT2D eigenvalue weighted by Gasteiger charge is 2.14. The third-order valence-corrected chi connectivity index (χ3v) is 4.71. The fourth-order valence-electron chi connectivity index (χ4n) is 2.65. The Hall–Kier alpha value is -3.20. The molecule has 0 aliphatic heterocycles. The van der Waals surface area contributed by atoms with Crippen molar-refractivity contribution in [3.05, 3.63) is 47.6 Å². The number of thiazole rings is 1. The van der Waals surface area contributed by atoms with Gasteiger partial charge in [0.1, 0.15) is 16.4 Å². The van der Waals surface area contributed by atoms with Crippen LogP contribution in [-0.4, -0.2) is 38.9 Å². The molecule has 5 aromatic heterocycles. The van der Waals surface area contributed by atoms with Crippen LogP contribution in [0.15, 0.2) is 36.2 Å². The second-order valence-electron chi connectivity index (χ2n) is 5.64. The smallest absolute Gasteiger partial charge is 0.235 e. The van der Waals surface area contributed by atoms with Gasteiger partial charge in [0.05, 0.1) is 11.4 Å². The van der Waals surface area contributed by atoms with Crippen LogP contribution in [0, 0.1) is 13.8 Å². The van der Waals surface area contributed by atoms with Gasteiger partial charge in [-0.2, -0.15) is 0 Å². The summed E-state index contributed by atoms with van der Waals surface area (Å²) in [4.78, 5) is 22.4. The van der Waals surface area contributed by atoms with E-state index in [4.69, 9.17) is 0 Å². The van der Waals surface area contributed by atoms with Gasteiger partial charge in [-0.1, -0.05) is 0 Å². The molecule has 5 aromatic rings. The van der Waals surface area contributed by atoms with E-state index < -0.39 is 0 Å². The van der Waals surface area contributed by atoms with Gasteiger partial charge < -0.3 is 0 Å². The van der Waals surface area contributed by atoms with E-state index in [0.29, 0.717) is 17.3 Å². The van der Waals surface area contributed by atoms with Crippen LogP contribution in [0.4, 0.5) is 0 Å². The Bertz CT molecular complexity index is 1180. The van der Waals surface area contributed by atoms with Crippen LogP contribution < -0.4 is 0 Å². The standard InChI is InChI=1S/C16H12N8S/c1-9-7-18-10(2)14-21-13(22-24(9)14)11-3-5-23-8-12(20-16(23)19-11)15-17-4-6-25-15/h3-8H,1-2H3. The molecule has 9 heteroatoms. The lowest BCUT2D eigenvalue weighted by Crippen LogP contribution is -1.97. The predicted molar refractivity (Wildman–Crippen MR) is 93.3 cm³/mol. The Morgan fingerprint density at radius 1 is 1.04 bits per heavy atom. The van der Waals surface area contributed by atoms with Crippen molar-refractivity contribution in [2.45, 2.75) is 13.8 Å². The van der Waals surface area contributed by atoms with E-state index in [1.165, 1.54) is 0 Å².